The average molecular weight is 268 g/mol. The second-order valence-electron chi connectivity index (χ2n) is 4.44. The minimum atomic E-state index is -0.341. The molecule has 2 heterocycles. The largest absolute Gasteiger partial charge is 0.608 e. The number of thioether (sulfide) groups is 1. The highest BCUT2D eigenvalue weighted by atomic mass is 32.2. The molecule has 0 saturated heterocycles. The summed E-state index contributed by atoms with van der Waals surface area (Å²) in [6.45, 7) is 0. The molecule has 4 aromatic rings. The summed E-state index contributed by atoms with van der Waals surface area (Å²) < 4.78 is 7.10. The van der Waals surface area contributed by atoms with E-state index in [0.717, 1.165) is 26.6 Å². The van der Waals surface area contributed by atoms with E-state index in [1.54, 1.807) is 22.4 Å². The van der Waals surface area contributed by atoms with Gasteiger partial charge in [0.15, 0.2) is 11.8 Å². The maximum atomic E-state index is 12.1. The van der Waals surface area contributed by atoms with E-state index < -0.39 is 0 Å². The van der Waals surface area contributed by atoms with Gasteiger partial charge in [-0.05, 0) is 29.8 Å². The van der Waals surface area contributed by atoms with Crippen molar-refractivity contribution in [3.63, 3.8) is 0 Å². The Hall–Kier alpha value is -2.07. The molecule has 0 radical (unpaired) electrons. The van der Waals surface area contributed by atoms with Crippen molar-refractivity contribution in [3.8, 4) is 0 Å². The molecule has 0 aliphatic carbocycles. The number of benzene rings is 2. The van der Waals surface area contributed by atoms with Crippen molar-refractivity contribution in [2.24, 2.45) is 0 Å². The van der Waals surface area contributed by atoms with Crippen molar-refractivity contribution < 1.29 is 8.82 Å². The van der Waals surface area contributed by atoms with E-state index in [1.165, 1.54) is 0 Å². The first-order chi connectivity index (χ1) is 9.29. The SMILES string of the molecule is CSc1ccc2ccc3ccc[n+]4c(=O)oc1c2c34. The van der Waals surface area contributed by atoms with Gasteiger partial charge in [0.1, 0.15) is 0 Å². The summed E-state index contributed by atoms with van der Waals surface area (Å²) in [5.41, 5.74) is 1.62. The lowest BCUT2D eigenvalue weighted by molar-refractivity contribution is -0.542. The van der Waals surface area contributed by atoms with Crippen LogP contribution in [0, 0.1) is 0 Å². The summed E-state index contributed by atoms with van der Waals surface area (Å²) in [5.74, 6) is -0.341. The van der Waals surface area contributed by atoms with E-state index in [-0.39, 0.29) is 5.76 Å². The Balaban J connectivity index is 2.46. The number of rotatable bonds is 1. The average Bonchev–Trinajstić information content (AvgIpc) is 2.45. The van der Waals surface area contributed by atoms with Crippen molar-refractivity contribution in [1.29, 1.82) is 0 Å². The Bertz CT molecular complexity index is 974. The summed E-state index contributed by atoms with van der Waals surface area (Å²) in [6, 6.07) is 12.0. The molecule has 19 heavy (non-hydrogen) atoms. The van der Waals surface area contributed by atoms with E-state index in [9.17, 15) is 4.79 Å². The van der Waals surface area contributed by atoms with Crippen molar-refractivity contribution in [2.45, 2.75) is 4.90 Å². The van der Waals surface area contributed by atoms with Gasteiger partial charge in [0.05, 0.1) is 10.3 Å². The summed E-state index contributed by atoms with van der Waals surface area (Å²) in [5, 5.41) is 3.16. The zero-order valence-electron chi connectivity index (χ0n) is 10.2. The van der Waals surface area contributed by atoms with Crippen LogP contribution in [0.25, 0.3) is 27.3 Å². The minimum Gasteiger partial charge on any atom is -0.370 e. The normalized spacial score (nSPS) is 11.8. The van der Waals surface area contributed by atoms with Gasteiger partial charge in [0.25, 0.3) is 0 Å². The predicted molar refractivity (Wildman–Crippen MR) is 76.1 cm³/mol. The molecule has 0 bridgehead atoms. The molecule has 4 heteroatoms. The lowest BCUT2D eigenvalue weighted by atomic mass is 10.1. The number of nitrogens with zero attached hydrogens (tertiary/aromatic N) is 1. The molecule has 0 N–H and O–H groups in total. The van der Waals surface area contributed by atoms with Gasteiger partial charge in [-0.25, -0.2) is 0 Å². The molecule has 0 fully saturated rings. The quantitative estimate of drug-likeness (QED) is 0.302. The lowest BCUT2D eigenvalue weighted by Gasteiger charge is -2.06. The molecular formula is C15H10NO2S+. The summed E-state index contributed by atoms with van der Waals surface area (Å²) in [6.07, 6.45) is 3.73. The Labute approximate surface area is 112 Å². The van der Waals surface area contributed by atoms with Crippen LogP contribution < -0.4 is 10.2 Å². The number of aromatic nitrogens is 1. The van der Waals surface area contributed by atoms with Crippen molar-refractivity contribution in [2.75, 3.05) is 6.26 Å². The predicted octanol–water partition coefficient (Wildman–Crippen LogP) is 2.84. The van der Waals surface area contributed by atoms with Crippen LogP contribution in [0.15, 0.2) is 56.7 Å². The van der Waals surface area contributed by atoms with Crippen LogP contribution >= 0.6 is 11.8 Å². The monoisotopic (exact) mass is 268 g/mol. The zero-order chi connectivity index (χ0) is 13.0. The van der Waals surface area contributed by atoms with E-state index in [4.69, 9.17) is 4.42 Å². The van der Waals surface area contributed by atoms with Gasteiger partial charge in [0.2, 0.25) is 5.52 Å². The van der Waals surface area contributed by atoms with Gasteiger partial charge in [-0.15, -0.1) is 11.8 Å². The van der Waals surface area contributed by atoms with Gasteiger partial charge < -0.3 is 4.42 Å². The van der Waals surface area contributed by atoms with Crippen LogP contribution in [0.2, 0.25) is 0 Å². The molecule has 0 saturated carbocycles. The molecule has 0 unspecified atom stereocenters. The Morgan fingerprint density at radius 3 is 2.74 bits per heavy atom. The topological polar surface area (TPSA) is 34.3 Å². The van der Waals surface area contributed by atoms with Crippen molar-refractivity contribution in [3.05, 3.63) is 53.1 Å². The van der Waals surface area contributed by atoms with Crippen LogP contribution in [-0.4, -0.2) is 6.26 Å². The Morgan fingerprint density at radius 2 is 1.89 bits per heavy atom. The number of pyridine rings is 1. The summed E-state index contributed by atoms with van der Waals surface area (Å²) in [7, 11) is 0. The number of hydrogen-bond donors (Lipinski definition) is 0. The molecule has 2 aromatic carbocycles. The highest BCUT2D eigenvalue weighted by Crippen LogP contribution is 2.32. The third kappa shape index (κ3) is 1.35. The molecular weight excluding hydrogens is 258 g/mol. The van der Waals surface area contributed by atoms with E-state index in [1.807, 2.05) is 30.5 Å². The lowest BCUT2D eigenvalue weighted by Crippen LogP contribution is -2.39. The first-order valence-electron chi connectivity index (χ1n) is 5.96. The summed E-state index contributed by atoms with van der Waals surface area (Å²) >= 11 is 1.59. The highest BCUT2D eigenvalue weighted by Gasteiger charge is 2.21. The molecule has 0 amide bonds. The van der Waals surface area contributed by atoms with Crippen molar-refractivity contribution in [1.82, 2.24) is 0 Å². The van der Waals surface area contributed by atoms with E-state index >= 15 is 0 Å². The third-order valence-electron chi connectivity index (χ3n) is 3.46. The Kier molecular flexibility index (Phi) is 2.11. The standard InChI is InChI=1S/C15H10NO2S/c1-19-11-7-6-9-4-5-10-3-2-8-16-13(10)12(9)14(11)18-15(16)17/h2-8H,1H3/q+1. The smallest absolute Gasteiger partial charge is 0.370 e. The fourth-order valence-corrected chi connectivity index (χ4v) is 3.15. The van der Waals surface area contributed by atoms with Crippen LogP contribution in [0.1, 0.15) is 0 Å². The van der Waals surface area contributed by atoms with E-state index in [2.05, 4.69) is 12.1 Å². The van der Waals surface area contributed by atoms with Gasteiger partial charge in [0, 0.05) is 11.5 Å². The van der Waals surface area contributed by atoms with Crippen LogP contribution in [-0.2, 0) is 0 Å². The molecule has 0 atom stereocenters. The highest BCUT2D eigenvalue weighted by molar-refractivity contribution is 7.98. The molecule has 3 nitrogen and oxygen atoms in total. The first kappa shape index (κ1) is 10.8. The third-order valence-corrected chi connectivity index (χ3v) is 4.23. The number of hydrogen-bond acceptors (Lipinski definition) is 3. The molecule has 92 valence electrons. The van der Waals surface area contributed by atoms with Gasteiger partial charge in [-0.1, -0.05) is 16.5 Å². The Morgan fingerprint density at radius 1 is 1.11 bits per heavy atom. The fourth-order valence-electron chi connectivity index (χ4n) is 2.62. The van der Waals surface area contributed by atoms with Gasteiger partial charge in [-0.3, -0.25) is 0 Å². The molecule has 2 aromatic heterocycles. The van der Waals surface area contributed by atoms with Crippen LogP contribution in [0.3, 0.4) is 0 Å². The second-order valence-corrected chi connectivity index (χ2v) is 5.29. The fraction of sp³-hybridized carbons (Fsp3) is 0.0667. The van der Waals surface area contributed by atoms with Crippen LogP contribution in [0.5, 0.6) is 0 Å². The molecule has 4 rings (SSSR count). The second kappa shape index (κ2) is 3.71. The molecule has 0 aliphatic rings. The molecule has 0 aliphatic heterocycles. The van der Waals surface area contributed by atoms with Gasteiger partial charge in [-0.2, -0.15) is 4.79 Å². The van der Waals surface area contributed by atoms with E-state index in [0.29, 0.717) is 5.58 Å². The summed E-state index contributed by atoms with van der Waals surface area (Å²) in [4.78, 5) is 13.1. The molecule has 0 spiro atoms. The zero-order valence-corrected chi connectivity index (χ0v) is 11.0. The van der Waals surface area contributed by atoms with Gasteiger partial charge >= 0.3 is 5.76 Å². The minimum absolute atomic E-state index is 0.341. The maximum Gasteiger partial charge on any atom is 0.608 e. The van der Waals surface area contributed by atoms with Crippen LogP contribution in [0.4, 0.5) is 0 Å². The first-order valence-corrected chi connectivity index (χ1v) is 7.18. The van der Waals surface area contributed by atoms with Crippen molar-refractivity contribution >= 4 is 39.0 Å². The maximum absolute atomic E-state index is 12.1.